The smallest absolute Gasteiger partial charge is 0.243 e. The van der Waals surface area contributed by atoms with Crippen LogP contribution in [0.4, 0.5) is 0 Å². The average Bonchev–Trinajstić information content (AvgIpc) is 3.34. The summed E-state index contributed by atoms with van der Waals surface area (Å²) in [7, 11) is 0. The van der Waals surface area contributed by atoms with Crippen LogP contribution in [-0.2, 0) is 29.0 Å². The normalized spacial score (nSPS) is 14.4. The van der Waals surface area contributed by atoms with Gasteiger partial charge in [0.1, 0.15) is 6.04 Å². The van der Waals surface area contributed by atoms with Crippen molar-refractivity contribution >= 4 is 11.8 Å². The third-order valence-corrected chi connectivity index (χ3v) is 7.04. The summed E-state index contributed by atoms with van der Waals surface area (Å²) in [5, 5.41) is 3.28. The van der Waals surface area contributed by atoms with Gasteiger partial charge in [-0.25, -0.2) is 0 Å². The van der Waals surface area contributed by atoms with Gasteiger partial charge in [-0.15, -0.1) is 0 Å². The first-order chi connectivity index (χ1) is 17.4. The second-order valence-electron chi connectivity index (χ2n) is 10.4. The van der Waals surface area contributed by atoms with E-state index in [0.29, 0.717) is 13.0 Å². The van der Waals surface area contributed by atoms with Crippen molar-refractivity contribution in [2.75, 3.05) is 0 Å². The standard InChI is InChI=1S/C32H38N2O2/c1-23-10-9-13-27(17-23)22-34(31(35)21-28-18-24(2)16-25(3)19-28)30(20-26-11-5-4-6-12-26)32(36)33-29-14-7-8-15-29/h4-6,9-13,16-19,29-30H,7-8,14-15,20-22H2,1-3H3,(H,33,36)/t30-/m0/s1. The number of hydrogen-bond donors (Lipinski definition) is 1. The summed E-state index contributed by atoms with van der Waals surface area (Å²) in [4.78, 5) is 29.5. The van der Waals surface area contributed by atoms with Crippen LogP contribution in [0.5, 0.6) is 0 Å². The van der Waals surface area contributed by atoms with Crippen LogP contribution in [0.3, 0.4) is 0 Å². The molecule has 36 heavy (non-hydrogen) atoms. The lowest BCUT2D eigenvalue weighted by molar-refractivity contribution is -0.141. The monoisotopic (exact) mass is 482 g/mol. The third kappa shape index (κ3) is 7.07. The number of hydrogen-bond acceptors (Lipinski definition) is 2. The summed E-state index contributed by atoms with van der Waals surface area (Å²) < 4.78 is 0. The van der Waals surface area contributed by atoms with Gasteiger partial charge >= 0.3 is 0 Å². The van der Waals surface area contributed by atoms with E-state index < -0.39 is 6.04 Å². The molecule has 4 rings (SSSR count). The van der Waals surface area contributed by atoms with Gasteiger partial charge in [0.15, 0.2) is 0 Å². The third-order valence-electron chi connectivity index (χ3n) is 7.04. The van der Waals surface area contributed by atoms with Crippen molar-refractivity contribution in [1.29, 1.82) is 0 Å². The van der Waals surface area contributed by atoms with Crippen molar-refractivity contribution in [3.05, 3.63) is 106 Å². The predicted molar refractivity (Wildman–Crippen MR) is 146 cm³/mol. The lowest BCUT2D eigenvalue weighted by atomic mass is 9.99. The summed E-state index contributed by atoms with van der Waals surface area (Å²) in [6, 6.07) is 24.1. The Bertz CT molecular complexity index is 1160. The maximum atomic E-state index is 13.9. The Morgan fingerprint density at radius 2 is 1.44 bits per heavy atom. The van der Waals surface area contributed by atoms with Crippen molar-refractivity contribution < 1.29 is 9.59 Å². The molecule has 0 radical (unpaired) electrons. The molecule has 0 spiro atoms. The molecule has 2 amide bonds. The molecule has 0 bridgehead atoms. The highest BCUT2D eigenvalue weighted by Gasteiger charge is 2.32. The van der Waals surface area contributed by atoms with Gasteiger partial charge in [0.2, 0.25) is 11.8 Å². The minimum atomic E-state index is -0.577. The summed E-state index contributed by atoms with van der Waals surface area (Å²) in [5.74, 6) is -0.0730. The maximum absolute atomic E-state index is 13.9. The van der Waals surface area contributed by atoms with Crippen molar-refractivity contribution in [2.45, 2.75) is 77.9 Å². The van der Waals surface area contributed by atoms with Crippen LogP contribution >= 0.6 is 0 Å². The molecule has 1 saturated carbocycles. The summed E-state index contributed by atoms with van der Waals surface area (Å²) in [6.07, 6.45) is 5.08. The molecule has 1 fully saturated rings. The summed E-state index contributed by atoms with van der Waals surface area (Å²) >= 11 is 0. The Labute approximate surface area is 215 Å². The molecule has 0 aliphatic heterocycles. The molecule has 4 heteroatoms. The molecule has 3 aromatic carbocycles. The van der Waals surface area contributed by atoms with E-state index in [2.05, 4.69) is 56.4 Å². The Morgan fingerprint density at radius 3 is 2.11 bits per heavy atom. The number of carbonyl (C=O) groups excluding carboxylic acids is 2. The van der Waals surface area contributed by atoms with Crippen molar-refractivity contribution in [2.24, 2.45) is 0 Å². The molecule has 1 atom stereocenters. The first-order valence-corrected chi connectivity index (χ1v) is 13.1. The number of nitrogens with one attached hydrogen (secondary N) is 1. The fraction of sp³-hybridized carbons (Fsp3) is 0.375. The van der Waals surface area contributed by atoms with E-state index in [0.717, 1.165) is 59.1 Å². The van der Waals surface area contributed by atoms with Gasteiger partial charge in [0, 0.05) is 19.0 Å². The second-order valence-corrected chi connectivity index (χ2v) is 10.4. The van der Waals surface area contributed by atoms with Gasteiger partial charge < -0.3 is 10.2 Å². The van der Waals surface area contributed by atoms with E-state index in [9.17, 15) is 9.59 Å². The summed E-state index contributed by atoms with van der Waals surface area (Å²) in [5.41, 5.74) is 6.50. The minimum absolute atomic E-state index is 0.0241. The second kappa shape index (κ2) is 12.0. The highest BCUT2D eigenvalue weighted by atomic mass is 16.2. The fourth-order valence-corrected chi connectivity index (χ4v) is 5.38. The molecule has 0 heterocycles. The number of aryl methyl sites for hydroxylation is 3. The molecule has 188 valence electrons. The number of benzene rings is 3. The minimum Gasteiger partial charge on any atom is -0.352 e. The molecular formula is C32H38N2O2. The van der Waals surface area contributed by atoms with Crippen molar-refractivity contribution in [3.63, 3.8) is 0 Å². The quantitative estimate of drug-likeness (QED) is 0.416. The largest absolute Gasteiger partial charge is 0.352 e. The average molecular weight is 483 g/mol. The van der Waals surface area contributed by atoms with Crippen LogP contribution in [0, 0.1) is 20.8 Å². The first-order valence-electron chi connectivity index (χ1n) is 13.1. The van der Waals surface area contributed by atoms with Crippen LogP contribution in [0.15, 0.2) is 72.8 Å². The van der Waals surface area contributed by atoms with Crippen LogP contribution in [0.25, 0.3) is 0 Å². The Balaban J connectivity index is 1.67. The lowest BCUT2D eigenvalue weighted by Crippen LogP contribution is -2.52. The Hall–Kier alpha value is -3.40. The number of amides is 2. The van der Waals surface area contributed by atoms with E-state index in [-0.39, 0.29) is 24.3 Å². The molecule has 4 nitrogen and oxygen atoms in total. The van der Waals surface area contributed by atoms with Gasteiger partial charge in [0.05, 0.1) is 6.42 Å². The molecular weight excluding hydrogens is 444 g/mol. The zero-order chi connectivity index (χ0) is 25.5. The molecule has 0 saturated heterocycles. The van der Waals surface area contributed by atoms with E-state index >= 15 is 0 Å². The number of carbonyl (C=O) groups is 2. The van der Waals surface area contributed by atoms with Crippen LogP contribution < -0.4 is 5.32 Å². The van der Waals surface area contributed by atoms with E-state index in [4.69, 9.17) is 0 Å². The lowest BCUT2D eigenvalue weighted by Gasteiger charge is -2.32. The predicted octanol–water partition coefficient (Wildman–Crippen LogP) is 5.85. The number of rotatable bonds is 9. The van der Waals surface area contributed by atoms with E-state index in [1.807, 2.05) is 47.4 Å². The molecule has 1 aliphatic rings. The Morgan fingerprint density at radius 1 is 0.806 bits per heavy atom. The molecule has 3 aromatic rings. The topological polar surface area (TPSA) is 49.4 Å². The number of nitrogens with zero attached hydrogens (tertiary/aromatic N) is 1. The van der Waals surface area contributed by atoms with Gasteiger partial charge in [0.25, 0.3) is 0 Å². The SMILES string of the molecule is Cc1cc(C)cc(CC(=O)N(Cc2cccc(C)c2)[C@@H](Cc2ccccc2)C(=O)NC2CCCC2)c1. The molecule has 0 aromatic heterocycles. The Kier molecular flexibility index (Phi) is 8.58. The molecule has 0 unspecified atom stereocenters. The van der Waals surface area contributed by atoms with Crippen molar-refractivity contribution in [1.82, 2.24) is 10.2 Å². The molecule has 1 N–H and O–H groups in total. The van der Waals surface area contributed by atoms with Crippen LogP contribution in [0.1, 0.15) is 59.1 Å². The first kappa shape index (κ1) is 25.7. The maximum Gasteiger partial charge on any atom is 0.243 e. The van der Waals surface area contributed by atoms with Gasteiger partial charge in [-0.05, 0) is 50.3 Å². The van der Waals surface area contributed by atoms with Gasteiger partial charge in [-0.3, -0.25) is 9.59 Å². The fourth-order valence-electron chi connectivity index (χ4n) is 5.38. The highest BCUT2D eigenvalue weighted by molar-refractivity contribution is 5.89. The van der Waals surface area contributed by atoms with Crippen LogP contribution in [-0.4, -0.2) is 28.8 Å². The van der Waals surface area contributed by atoms with Gasteiger partial charge in [-0.1, -0.05) is 102 Å². The van der Waals surface area contributed by atoms with Crippen molar-refractivity contribution in [3.8, 4) is 0 Å². The summed E-state index contributed by atoms with van der Waals surface area (Å²) in [6.45, 7) is 6.57. The zero-order valence-corrected chi connectivity index (χ0v) is 21.8. The van der Waals surface area contributed by atoms with E-state index in [1.165, 1.54) is 0 Å². The zero-order valence-electron chi connectivity index (χ0n) is 21.8. The highest BCUT2D eigenvalue weighted by Crippen LogP contribution is 2.21. The van der Waals surface area contributed by atoms with Crippen LogP contribution in [0.2, 0.25) is 0 Å². The molecule has 1 aliphatic carbocycles. The van der Waals surface area contributed by atoms with Gasteiger partial charge in [-0.2, -0.15) is 0 Å². The van der Waals surface area contributed by atoms with E-state index in [1.54, 1.807) is 0 Å².